The molecule has 140 valence electrons. The van der Waals surface area contributed by atoms with Gasteiger partial charge in [0.25, 0.3) is 0 Å². The van der Waals surface area contributed by atoms with Crippen molar-refractivity contribution in [3.63, 3.8) is 0 Å². The molecular formula is C17H27N3O4S. The molecular weight excluding hydrogens is 342 g/mol. The summed E-state index contributed by atoms with van der Waals surface area (Å²) in [5, 5.41) is 6.84. The van der Waals surface area contributed by atoms with Crippen LogP contribution in [0.3, 0.4) is 0 Å². The molecule has 1 atom stereocenters. The molecule has 0 aromatic carbocycles. The summed E-state index contributed by atoms with van der Waals surface area (Å²) >= 11 is 0. The maximum atomic E-state index is 13.0. The van der Waals surface area contributed by atoms with Gasteiger partial charge in [0.1, 0.15) is 16.6 Å². The number of sulfonamides is 1. The number of amides is 1. The Kier molecular flexibility index (Phi) is 5.48. The average molecular weight is 369 g/mol. The fraction of sp³-hybridized carbons (Fsp3) is 0.765. The first-order chi connectivity index (χ1) is 11.9. The summed E-state index contributed by atoms with van der Waals surface area (Å²) in [6, 6.07) is -0.471. The lowest BCUT2D eigenvalue weighted by Gasteiger charge is -2.25. The average Bonchev–Trinajstić information content (AvgIpc) is 3.10. The SMILES string of the molecule is Cc1noc(C)c1S(=O)(=O)N1CCCC1C(=O)NC1CCCCCC1. The Hall–Kier alpha value is -1.41. The number of carbonyl (C=O) groups excluding carboxylic acids is 1. The van der Waals surface area contributed by atoms with E-state index in [2.05, 4.69) is 10.5 Å². The van der Waals surface area contributed by atoms with Crippen LogP contribution in [0.25, 0.3) is 0 Å². The van der Waals surface area contributed by atoms with Gasteiger partial charge in [-0.1, -0.05) is 30.8 Å². The van der Waals surface area contributed by atoms with Crippen LogP contribution < -0.4 is 5.32 Å². The Bertz CT molecular complexity index is 701. The number of rotatable bonds is 4. The summed E-state index contributed by atoms with van der Waals surface area (Å²) in [6.07, 6.45) is 7.87. The Labute approximate surface area is 149 Å². The second kappa shape index (κ2) is 7.45. The molecule has 3 rings (SSSR count). The molecule has 2 aliphatic rings. The van der Waals surface area contributed by atoms with Crippen molar-refractivity contribution in [3.05, 3.63) is 11.5 Å². The second-order valence-electron chi connectivity index (χ2n) is 7.12. The maximum absolute atomic E-state index is 13.0. The zero-order valence-corrected chi connectivity index (χ0v) is 15.8. The molecule has 1 saturated carbocycles. The van der Waals surface area contributed by atoms with Gasteiger partial charge in [-0.3, -0.25) is 4.79 Å². The molecule has 1 amide bonds. The summed E-state index contributed by atoms with van der Waals surface area (Å²) in [4.78, 5) is 12.9. The molecule has 0 radical (unpaired) electrons. The lowest BCUT2D eigenvalue weighted by molar-refractivity contribution is -0.125. The molecule has 2 heterocycles. The van der Waals surface area contributed by atoms with Crippen molar-refractivity contribution in [1.82, 2.24) is 14.8 Å². The summed E-state index contributed by atoms with van der Waals surface area (Å²) in [6.45, 7) is 3.55. The lowest BCUT2D eigenvalue weighted by Crippen LogP contribution is -2.48. The van der Waals surface area contributed by atoms with Crippen LogP contribution in [-0.2, 0) is 14.8 Å². The standard InChI is InChI=1S/C17H27N3O4S/c1-12-16(13(2)24-19-12)25(22,23)20-11-7-10-15(20)17(21)18-14-8-5-3-4-6-9-14/h14-15H,3-11H2,1-2H3,(H,18,21). The number of aromatic nitrogens is 1. The molecule has 25 heavy (non-hydrogen) atoms. The Morgan fingerprint density at radius 3 is 2.40 bits per heavy atom. The summed E-state index contributed by atoms with van der Waals surface area (Å²) in [7, 11) is -3.78. The lowest BCUT2D eigenvalue weighted by atomic mass is 10.1. The molecule has 1 unspecified atom stereocenters. The van der Waals surface area contributed by atoms with Crippen LogP contribution in [0.5, 0.6) is 0 Å². The van der Waals surface area contributed by atoms with Crippen molar-refractivity contribution < 1.29 is 17.7 Å². The van der Waals surface area contributed by atoms with E-state index in [1.165, 1.54) is 17.1 Å². The van der Waals surface area contributed by atoms with Crippen LogP contribution >= 0.6 is 0 Å². The summed E-state index contributed by atoms with van der Waals surface area (Å²) in [5.74, 6) is 0.104. The van der Waals surface area contributed by atoms with Crippen LogP contribution in [0.4, 0.5) is 0 Å². The Morgan fingerprint density at radius 2 is 1.80 bits per heavy atom. The molecule has 8 heteroatoms. The van der Waals surface area contributed by atoms with Crippen molar-refractivity contribution in [1.29, 1.82) is 0 Å². The zero-order valence-electron chi connectivity index (χ0n) is 15.0. The van der Waals surface area contributed by atoms with Gasteiger partial charge >= 0.3 is 0 Å². The van der Waals surface area contributed by atoms with Gasteiger partial charge in [-0.15, -0.1) is 0 Å². The molecule has 1 aromatic rings. The van der Waals surface area contributed by atoms with E-state index in [1.807, 2.05) is 0 Å². The maximum Gasteiger partial charge on any atom is 0.249 e. The molecule has 1 aromatic heterocycles. The molecule has 1 saturated heterocycles. The zero-order chi connectivity index (χ0) is 18.0. The van der Waals surface area contributed by atoms with E-state index in [-0.39, 0.29) is 22.6 Å². The number of nitrogens with zero attached hydrogens (tertiary/aromatic N) is 2. The van der Waals surface area contributed by atoms with Crippen molar-refractivity contribution in [3.8, 4) is 0 Å². The Morgan fingerprint density at radius 1 is 1.12 bits per heavy atom. The minimum absolute atomic E-state index is 0.0988. The van der Waals surface area contributed by atoms with Gasteiger partial charge in [-0.05, 0) is 39.5 Å². The molecule has 1 aliphatic heterocycles. The van der Waals surface area contributed by atoms with E-state index in [1.54, 1.807) is 13.8 Å². The fourth-order valence-electron chi connectivity index (χ4n) is 3.97. The van der Waals surface area contributed by atoms with E-state index in [0.717, 1.165) is 25.7 Å². The molecule has 0 spiro atoms. The van der Waals surface area contributed by atoms with Gasteiger partial charge in [0.15, 0.2) is 5.76 Å². The molecule has 0 bridgehead atoms. The van der Waals surface area contributed by atoms with E-state index < -0.39 is 16.1 Å². The van der Waals surface area contributed by atoms with Crippen LogP contribution in [-0.4, -0.2) is 42.4 Å². The van der Waals surface area contributed by atoms with Crippen LogP contribution in [0.2, 0.25) is 0 Å². The van der Waals surface area contributed by atoms with Crippen LogP contribution in [0.1, 0.15) is 62.8 Å². The highest BCUT2D eigenvalue weighted by molar-refractivity contribution is 7.89. The van der Waals surface area contributed by atoms with Gasteiger partial charge in [-0.25, -0.2) is 8.42 Å². The number of hydrogen-bond donors (Lipinski definition) is 1. The van der Waals surface area contributed by atoms with Gasteiger partial charge in [-0.2, -0.15) is 4.31 Å². The fourth-order valence-corrected chi connectivity index (χ4v) is 5.92. The Balaban J connectivity index is 1.76. The van der Waals surface area contributed by atoms with Crippen molar-refractivity contribution in [2.75, 3.05) is 6.54 Å². The number of aryl methyl sites for hydroxylation is 2. The number of nitrogens with one attached hydrogen (secondary N) is 1. The van der Waals surface area contributed by atoms with Crippen molar-refractivity contribution in [2.24, 2.45) is 0 Å². The third kappa shape index (κ3) is 3.74. The first-order valence-corrected chi connectivity index (χ1v) is 10.6. The quantitative estimate of drug-likeness (QED) is 0.822. The van der Waals surface area contributed by atoms with E-state index in [9.17, 15) is 13.2 Å². The van der Waals surface area contributed by atoms with Crippen LogP contribution in [0, 0.1) is 13.8 Å². The highest BCUT2D eigenvalue weighted by atomic mass is 32.2. The first-order valence-electron chi connectivity index (χ1n) is 9.16. The second-order valence-corrected chi connectivity index (χ2v) is 8.95. The predicted octanol–water partition coefficient (Wildman–Crippen LogP) is 2.28. The molecule has 1 aliphatic carbocycles. The topological polar surface area (TPSA) is 92.5 Å². The number of hydrogen-bond acceptors (Lipinski definition) is 5. The van der Waals surface area contributed by atoms with E-state index in [4.69, 9.17) is 4.52 Å². The van der Waals surface area contributed by atoms with Crippen molar-refractivity contribution in [2.45, 2.75) is 82.2 Å². The predicted molar refractivity (Wildman–Crippen MR) is 92.5 cm³/mol. The first kappa shape index (κ1) is 18.4. The van der Waals surface area contributed by atoms with E-state index >= 15 is 0 Å². The van der Waals surface area contributed by atoms with Gasteiger partial charge in [0, 0.05) is 12.6 Å². The third-order valence-electron chi connectivity index (χ3n) is 5.24. The largest absolute Gasteiger partial charge is 0.360 e. The normalized spacial score (nSPS) is 23.5. The minimum Gasteiger partial charge on any atom is -0.360 e. The van der Waals surface area contributed by atoms with Gasteiger partial charge < -0.3 is 9.84 Å². The minimum atomic E-state index is -3.78. The molecule has 2 fully saturated rings. The van der Waals surface area contributed by atoms with Crippen molar-refractivity contribution >= 4 is 15.9 Å². The number of carbonyl (C=O) groups is 1. The monoisotopic (exact) mass is 369 g/mol. The van der Waals surface area contributed by atoms with Crippen LogP contribution in [0.15, 0.2) is 9.42 Å². The van der Waals surface area contributed by atoms with Gasteiger partial charge in [0.2, 0.25) is 15.9 Å². The highest BCUT2D eigenvalue weighted by Crippen LogP contribution is 2.30. The molecule has 7 nitrogen and oxygen atoms in total. The summed E-state index contributed by atoms with van der Waals surface area (Å²) < 4.78 is 32.4. The molecule has 1 N–H and O–H groups in total. The van der Waals surface area contributed by atoms with Gasteiger partial charge in [0.05, 0.1) is 0 Å². The van der Waals surface area contributed by atoms with E-state index in [0.29, 0.717) is 25.1 Å². The highest BCUT2D eigenvalue weighted by Gasteiger charge is 2.42. The smallest absolute Gasteiger partial charge is 0.249 e. The third-order valence-corrected chi connectivity index (χ3v) is 7.40. The summed E-state index contributed by atoms with van der Waals surface area (Å²) in [5.41, 5.74) is 0.340.